The molecule has 0 spiro atoms. The molecule has 2 N–H and O–H groups in total. The summed E-state index contributed by atoms with van der Waals surface area (Å²) in [4.78, 5) is 18.5. The lowest BCUT2D eigenvalue weighted by molar-refractivity contribution is -0.119. The number of nitrogens with zero attached hydrogens (tertiary/aromatic N) is 2. The highest BCUT2D eigenvalue weighted by atomic mass is 32.1. The van der Waals surface area contributed by atoms with Gasteiger partial charge in [-0.15, -0.1) is 11.3 Å². The van der Waals surface area contributed by atoms with E-state index in [0.29, 0.717) is 30.2 Å². The number of anilines is 2. The highest BCUT2D eigenvalue weighted by molar-refractivity contribution is 7.15. The van der Waals surface area contributed by atoms with Crippen LogP contribution in [-0.4, -0.2) is 10.9 Å². The molecule has 19 heavy (non-hydrogen) atoms. The number of aromatic nitrogens is 1. The lowest BCUT2D eigenvalue weighted by Gasteiger charge is -2.28. The van der Waals surface area contributed by atoms with Gasteiger partial charge in [0.05, 0.1) is 12.2 Å². The van der Waals surface area contributed by atoms with Gasteiger partial charge in [0.1, 0.15) is 5.82 Å². The zero-order valence-corrected chi connectivity index (χ0v) is 10.9. The molecule has 0 bridgehead atoms. The van der Waals surface area contributed by atoms with E-state index in [2.05, 4.69) is 4.98 Å². The molecule has 0 radical (unpaired) electrons. The van der Waals surface area contributed by atoms with Gasteiger partial charge in [-0.05, 0) is 24.1 Å². The van der Waals surface area contributed by atoms with Gasteiger partial charge in [0.15, 0.2) is 5.13 Å². The number of amides is 1. The molecular formula is C13H12FN3OS. The Labute approximate surface area is 113 Å². The molecule has 1 aliphatic rings. The molecule has 0 unspecified atom stereocenters. The molecule has 6 heteroatoms. The standard InChI is InChI=1S/C13H12FN3OS/c14-9-3-1-8-2-4-12(18)17(11(8)5-9)7-10-6-16-13(15)19-10/h1,3,5-6H,2,4,7H2,(H2,15,16). The van der Waals surface area contributed by atoms with Gasteiger partial charge in [-0.25, -0.2) is 9.37 Å². The van der Waals surface area contributed by atoms with Gasteiger partial charge in [-0.2, -0.15) is 0 Å². The summed E-state index contributed by atoms with van der Waals surface area (Å²) in [7, 11) is 0. The summed E-state index contributed by atoms with van der Waals surface area (Å²) >= 11 is 1.34. The third kappa shape index (κ3) is 2.31. The number of thiazole rings is 1. The Morgan fingerprint density at radius 3 is 3.00 bits per heavy atom. The smallest absolute Gasteiger partial charge is 0.227 e. The van der Waals surface area contributed by atoms with Crippen molar-refractivity contribution in [3.8, 4) is 0 Å². The van der Waals surface area contributed by atoms with Gasteiger partial charge in [0.25, 0.3) is 0 Å². The van der Waals surface area contributed by atoms with Crippen molar-refractivity contribution in [1.29, 1.82) is 0 Å². The van der Waals surface area contributed by atoms with Crippen LogP contribution in [0.15, 0.2) is 24.4 Å². The number of carbonyl (C=O) groups excluding carboxylic acids is 1. The topological polar surface area (TPSA) is 59.2 Å². The first-order chi connectivity index (χ1) is 9.13. The van der Waals surface area contributed by atoms with Crippen molar-refractivity contribution < 1.29 is 9.18 Å². The molecule has 2 heterocycles. The summed E-state index contributed by atoms with van der Waals surface area (Å²) in [6, 6.07) is 4.58. The molecule has 0 fully saturated rings. The molecular weight excluding hydrogens is 265 g/mol. The van der Waals surface area contributed by atoms with E-state index in [-0.39, 0.29) is 11.7 Å². The minimum atomic E-state index is -0.331. The lowest BCUT2D eigenvalue weighted by atomic mass is 10.0. The molecule has 1 aliphatic heterocycles. The van der Waals surface area contributed by atoms with Gasteiger partial charge >= 0.3 is 0 Å². The highest BCUT2D eigenvalue weighted by Gasteiger charge is 2.25. The number of hydrogen-bond acceptors (Lipinski definition) is 4. The zero-order chi connectivity index (χ0) is 13.4. The number of aryl methyl sites for hydroxylation is 1. The summed E-state index contributed by atoms with van der Waals surface area (Å²) in [6.07, 6.45) is 2.77. The van der Waals surface area contributed by atoms with Crippen molar-refractivity contribution in [2.45, 2.75) is 19.4 Å². The van der Waals surface area contributed by atoms with Gasteiger partial charge in [0.2, 0.25) is 5.91 Å². The third-order valence-electron chi connectivity index (χ3n) is 3.13. The molecule has 1 aromatic carbocycles. The molecule has 1 aromatic heterocycles. The normalized spacial score (nSPS) is 14.6. The van der Waals surface area contributed by atoms with Crippen molar-refractivity contribution in [3.63, 3.8) is 0 Å². The summed E-state index contributed by atoms with van der Waals surface area (Å²) < 4.78 is 13.4. The van der Waals surface area contributed by atoms with Crippen molar-refractivity contribution >= 4 is 28.1 Å². The predicted molar refractivity (Wildman–Crippen MR) is 72.4 cm³/mol. The molecule has 0 atom stereocenters. The van der Waals surface area contributed by atoms with Crippen LogP contribution < -0.4 is 10.6 Å². The van der Waals surface area contributed by atoms with E-state index in [4.69, 9.17) is 5.73 Å². The number of halogens is 1. The van der Waals surface area contributed by atoms with Crippen molar-refractivity contribution in [3.05, 3.63) is 40.7 Å². The number of carbonyl (C=O) groups is 1. The minimum absolute atomic E-state index is 0.00470. The molecule has 4 nitrogen and oxygen atoms in total. The van der Waals surface area contributed by atoms with Crippen LogP contribution in [-0.2, 0) is 17.8 Å². The molecule has 0 saturated carbocycles. The van der Waals surface area contributed by atoms with Gasteiger partial charge in [-0.1, -0.05) is 6.07 Å². The van der Waals surface area contributed by atoms with Crippen molar-refractivity contribution in [2.75, 3.05) is 10.6 Å². The van der Waals surface area contributed by atoms with Crippen LogP contribution in [0.5, 0.6) is 0 Å². The van der Waals surface area contributed by atoms with E-state index in [9.17, 15) is 9.18 Å². The maximum Gasteiger partial charge on any atom is 0.227 e. The summed E-state index contributed by atoms with van der Waals surface area (Å²) in [5, 5.41) is 0.471. The summed E-state index contributed by atoms with van der Waals surface area (Å²) in [5.74, 6) is -0.327. The van der Waals surface area contributed by atoms with Crippen LogP contribution >= 0.6 is 11.3 Å². The Hall–Kier alpha value is -1.95. The molecule has 3 rings (SSSR count). The zero-order valence-electron chi connectivity index (χ0n) is 10.1. The Morgan fingerprint density at radius 2 is 2.26 bits per heavy atom. The molecule has 0 aliphatic carbocycles. The lowest BCUT2D eigenvalue weighted by Crippen LogP contribution is -2.34. The van der Waals surface area contributed by atoms with Crippen LogP contribution in [0.1, 0.15) is 16.9 Å². The van der Waals surface area contributed by atoms with Crippen LogP contribution in [0.2, 0.25) is 0 Å². The molecule has 1 amide bonds. The maximum absolute atomic E-state index is 13.4. The Balaban J connectivity index is 1.96. The number of nitrogen functional groups attached to an aromatic ring is 1. The van der Waals surface area contributed by atoms with Crippen LogP contribution in [0.3, 0.4) is 0 Å². The second-order valence-electron chi connectivity index (χ2n) is 4.42. The second-order valence-corrected chi connectivity index (χ2v) is 5.56. The first-order valence-electron chi connectivity index (χ1n) is 5.92. The van der Waals surface area contributed by atoms with E-state index in [1.54, 1.807) is 17.2 Å². The summed E-state index contributed by atoms with van der Waals surface area (Å²) in [6.45, 7) is 0.393. The molecule has 0 saturated heterocycles. The van der Waals surface area contributed by atoms with Crippen molar-refractivity contribution in [1.82, 2.24) is 4.98 Å². The van der Waals surface area contributed by atoms with E-state index < -0.39 is 0 Å². The predicted octanol–water partition coefficient (Wildman–Crippen LogP) is 2.34. The number of nitrogens with two attached hydrogens (primary N) is 1. The SMILES string of the molecule is Nc1ncc(CN2C(=O)CCc3ccc(F)cc32)s1. The van der Waals surface area contributed by atoms with Crippen LogP contribution in [0, 0.1) is 5.82 Å². The number of benzene rings is 1. The average molecular weight is 277 g/mol. The van der Waals surface area contributed by atoms with E-state index in [1.807, 2.05) is 0 Å². The number of fused-ring (bicyclic) bond motifs is 1. The average Bonchev–Trinajstić information content (AvgIpc) is 2.79. The number of rotatable bonds is 2. The third-order valence-corrected chi connectivity index (χ3v) is 3.94. The van der Waals surface area contributed by atoms with Crippen molar-refractivity contribution in [2.24, 2.45) is 0 Å². The van der Waals surface area contributed by atoms with E-state index >= 15 is 0 Å². The Kier molecular flexibility index (Phi) is 2.94. The van der Waals surface area contributed by atoms with E-state index in [0.717, 1.165) is 10.4 Å². The fourth-order valence-electron chi connectivity index (χ4n) is 2.24. The minimum Gasteiger partial charge on any atom is -0.375 e. The molecule has 98 valence electrons. The largest absolute Gasteiger partial charge is 0.375 e. The second kappa shape index (κ2) is 4.62. The Bertz CT molecular complexity index is 641. The monoisotopic (exact) mass is 277 g/mol. The quantitative estimate of drug-likeness (QED) is 0.916. The fourth-order valence-corrected chi connectivity index (χ4v) is 2.91. The Morgan fingerprint density at radius 1 is 1.42 bits per heavy atom. The van der Waals surface area contributed by atoms with Gasteiger partial charge in [0, 0.05) is 17.5 Å². The summed E-state index contributed by atoms with van der Waals surface area (Å²) in [5.41, 5.74) is 7.24. The van der Waals surface area contributed by atoms with Gasteiger partial charge in [-0.3, -0.25) is 4.79 Å². The van der Waals surface area contributed by atoms with Gasteiger partial charge < -0.3 is 10.6 Å². The van der Waals surface area contributed by atoms with E-state index in [1.165, 1.54) is 23.5 Å². The maximum atomic E-state index is 13.4. The fraction of sp³-hybridized carbons (Fsp3) is 0.231. The molecule has 2 aromatic rings. The first kappa shape index (κ1) is 12.1. The highest BCUT2D eigenvalue weighted by Crippen LogP contribution is 2.31. The number of hydrogen-bond donors (Lipinski definition) is 1. The van der Waals surface area contributed by atoms with Crippen LogP contribution in [0.4, 0.5) is 15.2 Å². The first-order valence-corrected chi connectivity index (χ1v) is 6.74. The van der Waals surface area contributed by atoms with Crippen LogP contribution in [0.25, 0.3) is 0 Å².